The van der Waals surface area contributed by atoms with Crippen LogP contribution in [0, 0.1) is 0 Å². The molecule has 26 heavy (non-hydrogen) atoms. The van der Waals surface area contributed by atoms with Crippen molar-refractivity contribution in [1.82, 2.24) is 14.5 Å². The first-order chi connectivity index (χ1) is 12.5. The molecule has 0 saturated heterocycles. The number of benzene rings is 1. The number of aromatic carboxylic acids is 1. The highest BCUT2D eigenvalue weighted by molar-refractivity contribution is 5.92. The number of pyridine rings is 1. The number of rotatable bonds is 5. The summed E-state index contributed by atoms with van der Waals surface area (Å²) in [4.78, 5) is 34.6. The molecule has 8 heteroatoms. The fourth-order valence-corrected chi connectivity index (χ4v) is 2.72. The third-order valence-corrected chi connectivity index (χ3v) is 4.14. The zero-order valence-electron chi connectivity index (χ0n) is 14.4. The lowest BCUT2D eigenvalue weighted by molar-refractivity contribution is 0.0695. The van der Waals surface area contributed by atoms with E-state index in [1.165, 1.54) is 29.1 Å². The number of carboxylic acids is 1. The van der Waals surface area contributed by atoms with Crippen LogP contribution in [0.1, 0.15) is 24.2 Å². The van der Waals surface area contributed by atoms with Crippen molar-refractivity contribution >= 4 is 23.0 Å². The molecule has 2 heterocycles. The molecule has 1 aromatic carbocycles. The molecule has 2 aromatic heterocycles. The number of anilines is 1. The summed E-state index contributed by atoms with van der Waals surface area (Å²) in [7, 11) is 0. The molecule has 0 atom stereocenters. The lowest BCUT2D eigenvalue weighted by Gasteiger charge is -2.19. The molecule has 0 radical (unpaired) electrons. The first kappa shape index (κ1) is 17.4. The summed E-state index contributed by atoms with van der Waals surface area (Å²) in [6.45, 7) is 5.33. The predicted octanol–water partition coefficient (Wildman–Crippen LogP) is 2.03. The van der Waals surface area contributed by atoms with Gasteiger partial charge in [0, 0.05) is 31.2 Å². The number of aromatic hydroxyl groups is 1. The quantitative estimate of drug-likeness (QED) is 0.721. The summed E-state index contributed by atoms with van der Waals surface area (Å²) in [6.07, 6.45) is 2.61. The maximum absolute atomic E-state index is 12.5. The maximum atomic E-state index is 12.5. The Bertz CT molecular complexity index is 1020. The summed E-state index contributed by atoms with van der Waals surface area (Å²) in [5.74, 6) is -0.786. The van der Waals surface area contributed by atoms with Crippen LogP contribution in [0.2, 0.25) is 0 Å². The third-order valence-electron chi connectivity index (χ3n) is 4.14. The van der Waals surface area contributed by atoms with Gasteiger partial charge in [-0.15, -0.1) is 0 Å². The van der Waals surface area contributed by atoms with Crippen LogP contribution in [0.3, 0.4) is 0 Å². The average Bonchev–Trinajstić information content (AvgIpc) is 2.64. The Morgan fingerprint density at radius 1 is 1.19 bits per heavy atom. The van der Waals surface area contributed by atoms with E-state index in [2.05, 4.69) is 9.97 Å². The third kappa shape index (κ3) is 2.97. The molecule has 0 spiro atoms. The monoisotopic (exact) mass is 354 g/mol. The van der Waals surface area contributed by atoms with Gasteiger partial charge in [0.1, 0.15) is 11.3 Å². The van der Waals surface area contributed by atoms with Gasteiger partial charge in [0.05, 0.1) is 5.39 Å². The van der Waals surface area contributed by atoms with Crippen molar-refractivity contribution in [2.24, 2.45) is 0 Å². The van der Waals surface area contributed by atoms with E-state index in [0.717, 1.165) is 0 Å². The molecule has 0 fully saturated rings. The van der Waals surface area contributed by atoms with Crippen LogP contribution in [0.4, 0.5) is 5.95 Å². The fourth-order valence-electron chi connectivity index (χ4n) is 2.72. The Balaban J connectivity index is 2.36. The Labute approximate surface area is 149 Å². The fraction of sp³-hybridized carbons (Fsp3) is 0.222. The van der Waals surface area contributed by atoms with Gasteiger partial charge in [0.25, 0.3) is 0 Å². The van der Waals surface area contributed by atoms with Crippen molar-refractivity contribution in [3.8, 4) is 11.4 Å². The normalized spacial score (nSPS) is 10.8. The number of fused-ring (bicyclic) bond motifs is 1. The summed E-state index contributed by atoms with van der Waals surface area (Å²) in [6, 6.07) is 6.19. The highest BCUT2D eigenvalue weighted by atomic mass is 16.4. The van der Waals surface area contributed by atoms with Crippen LogP contribution in [0.15, 0.2) is 41.5 Å². The number of phenolic OH excluding ortho intramolecular Hbond substituents is 1. The molecule has 0 bridgehead atoms. The maximum Gasteiger partial charge on any atom is 0.341 e. The summed E-state index contributed by atoms with van der Waals surface area (Å²) in [5.41, 5.74) is -0.125. The second kappa shape index (κ2) is 6.83. The second-order valence-corrected chi connectivity index (χ2v) is 5.64. The highest BCUT2D eigenvalue weighted by Gasteiger charge is 2.18. The van der Waals surface area contributed by atoms with Gasteiger partial charge in [-0.3, -0.25) is 4.79 Å². The number of hydrogen-bond donors (Lipinski definition) is 2. The Hall–Kier alpha value is -3.42. The van der Waals surface area contributed by atoms with Crippen molar-refractivity contribution in [1.29, 1.82) is 0 Å². The van der Waals surface area contributed by atoms with Crippen LogP contribution in [0.5, 0.6) is 5.75 Å². The van der Waals surface area contributed by atoms with E-state index in [9.17, 15) is 19.8 Å². The Morgan fingerprint density at radius 3 is 2.42 bits per heavy atom. The van der Waals surface area contributed by atoms with Gasteiger partial charge in [0.15, 0.2) is 5.65 Å². The first-order valence-electron chi connectivity index (χ1n) is 8.16. The molecule has 134 valence electrons. The van der Waals surface area contributed by atoms with E-state index in [1.807, 2.05) is 18.7 Å². The number of phenols is 1. The van der Waals surface area contributed by atoms with Crippen molar-refractivity contribution < 1.29 is 15.0 Å². The van der Waals surface area contributed by atoms with Gasteiger partial charge in [-0.2, -0.15) is 4.98 Å². The van der Waals surface area contributed by atoms with E-state index in [4.69, 9.17) is 0 Å². The Kier molecular flexibility index (Phi) is 4.57. The van der Waals surface area contributed by atoms with Crippen LogP contribution in [0.25, 0.3) is 16.7 Å². The molecule has 0 aliphatic rings. The van der Waals surface area contributed by atoms with E-state index < -0.39 is 11.4 Å². The lowest BCUT2D eigenvalue weighted by Crippen LogP contribution is -2.25. The number of hydrogen-bond acceptors (Lipinski definition) is 6. The molecule has 3 aromatic rings. The lowest BCUT2D eigenvalue weighted by atomic mass is 10.2. The molecule has 8 nitrogen and oxygen atoms in total. The first-order valence-corrected chi connectivity index (χ1v) is 8.16. The SMILES string of the molecule is CCN(CC)c1ncc2c(=O)c(C(=O)O)cn(-c3ccc(O)cc3)c2n1. The van der Waals surface area contributed by atoms with Gasteiger partial charge >= 0.3 is 5.97 Å². The number of aromatic nitrogens is 3. The van der Waals surface area contributed by atoms with E-state index in [0.29, 0.717) is 30.4 Å². The van der Waals surface area contributed by atoms with Crippen LogP contribution >= 0.6 is 0 Å². The number of nitrogens with zero attached hydrogens (tertiary/aromatic N) is 4. The molecule has 0 unspecified atom stereocenters. The van der Waals surface area contributed by atoms with Gasteiger partial charge in [0.2, 0.25) is 11.4 Å². The molecule has 0 aliphatic carbocycles. The molecular formula is C18H18N4O4. The topological polar surface area (TPSA) is 109 Å². The number of carboxylic acid groups (broad SMARTS) is 1. The molecule has 0 aliphatic heterocycles. The zero-order valence-corrected chi connectivity index (χ0v) is 14.4. The van der Waals surface area contributed by atoms with Crippen LogP contribution in [-0.4, -0.2) is 43.8 Å². The minimum absolute atomic E-state index is 0.0796. The van der Waals surface area contributed by atoms with Crippen molar-refractivity contribution in [2.45, 2.75) is 13.8 Å². The number of carbonyl (C=O) groups is 1. The predicted molar refractivity (Wildman–Crippen MR) is 97.3 cm³/mol. The largest absolute Gasteiger partial charge is 0.508 e. The average molecular weight is 354 g/mol. The zero-order chi connectivity index (χ0) is 18.8. The van der Waals surface area contributed by atoms with E-state index in [1.54, 1.807) is 12.1 Å². The molecule has 0 saturated carbocycles. The van der Waals surface area contributed by atoms with Gasteiger partial charge in [-0.1, -0.05) is 0 Å². The van der Waals surface area contributed by atoms with Crippen LogP contribution < -0.4 is 10.3 Å². The minimum Gasteiger partial charge on any atom is -0.508 e. The minimum atomic E-state index is -1.32. The summed E-state index contributed by atoms with van der Waals surface area (Å²) in [5, 5.41) is 19.0. The standard InChI is InChI=1S/C18H18N4O4/c1-3-21(4-2)18-19-9-13-15(24)14(17(25)26)10-22(16(13)20-18)11-5-7-12(23)8-6-11/h5-10,23H,3-4H2,1-2H3,(H,25,26). The molecule has 0 amide bonds. The van der Waals surface area contributed by atoms with Crippen LogP contribution in [-0.2, 0) is 0 Å². The summed E-state index contributed by atoms with van der Waals surface area (Å²) >= 11 is 0. The van der Waals surface area contributed by atoms with Crippen molar-refractivity contribution in [2.75, 3.05) is 18.0 Å². The smallest absolute Gasteiger partial charge is 0.341 e. The van der Waals surface area contributed by atoms with E-state index >= 15 is 0 Å². The summed E-state index contributed by atoms with van der Waals surface area (Å²) < 4.78 is 1.52. The van der Waals surface area contributed by atoms with Gasteiger partial charge in [-0.05, 0) is 38.1 Å². The van der Waals surface area contributed by atoms with Crippen molar-refractivity contribution in [3.63, 3.8) is 0 Å². The molecular weight excluding hydrogens is 336 g/mol. The van der Waals surface area contributed by atoms with E-state index in [-0.39, 0.29) is 16.7 Å². The van der Waals surface area contributed by atoms with Gasteiger partial charge in [-0.25, -0.2) is 9.78 Å². The van der Waals surface area contributed by atoms with Gasteiger partial charge < -0.3 is 19.7 Å². The Morgan fingerprint density at radius 2 is 1.85 bits per heavy atom. The second-order valence-electron chi connectivity index (χ2n) is 5.64. The van der Waals surface area contributed by atoms with Crippen molar-refractivity contribution in [3.05, 3.63) is 52.4 Å². The molecule has 3 rings (SSSR count). The molecule has 2 N–H and O–H groups in total. The highest BCUT2D eigenvalue weighted by Crippen LogP contribution is 2.20.